The lowest BCUT2D eigenvalue weighted by atomic mass is 9.85. The quantitative estimate of drug-likeness (QED) is 0.756. The normalized spacial score (nSPS) is 31.0. The van der Waals surface area contributed by atoms with Crippen molar-refractivity contribution in [2.45, 2.75) is 58.6 Å². The predicted octanol–water partition coefficient (Wildman–Crippen LogP) is 2.25. The third kappa shape index (κ3) is 2.89. The molecular formula is C14H25NO2. The molecule has 0 spiro atoms. The zero-order chi connectivity index (χ0) is 12.5. The molecule has 17 heavy (non-hydrogen) atoms. The van der Waals surface area contributed by atoms with E-state index < -0.39 is 0 Å². The minimum Gasteiger partial charge on any atom is -0.375 e. The summed E-state index contributed by atoms with van der Waals surface area (Å²) < 4.78 is 5.86. The van der Waals surface area contributed by atoms with E-state index in [1.807, 2.05) is 0 Å². The molecule has 0 aromatic rings. The van der Waals surface area contributed by atoms with E-state index in [1.165, 1.54) is 25.7 Å². The molecule has 2 atom stereocenters. The van der Waals surface area contributed by atoms with Crippen molar-refractivity contribution in [3.8, 4) is 0 Å². The maximum absolute atomic E-state index is 11.6. The maximum Gasteiger partial charge on any atom is 0.136 e. The van der Waals surface area contributed by atoms with Gasteiger partial charge in [0.2, 0.25) is 0 Å². The van der Waals surface area contributed by atoms with Crippen LogP contribution in [0.2, 0.25) is 0 Å². The highest BCUT2D eigenvalue weighted by Crippen LogP contribution is 2.31. The van der Waals surface area contributed by atoms with E-state index in [9.17, 15) is 4.79 Å². The molecule has 0 N–H and O–H groups in total. The van der Waals surface area contributed by atoms with Crippen molar-refractivity contribution in [2.24, 2.45) is 5.41 Å². The minimum absolute atomic E-state index is 0.223. The number of morpholine rings is 1. The van der Waals surface area contributed by atoms with Gasteiger partial charge in [-0.3, -0.25) is 9.69 Å². The first kappa shape index (κ1) is 13.0. The number of hydrogen-bond acceptors (Lipinski definition) is 3. The van der Waals surface area contributed by atoms with Crippen LogP contribution in [-0.2, 0) is 9.53 Å². The number of ether oxygens (including phenoxy) is 1. The van der Waals surface area contributed by atoms with Gasteiger partial charge in [0.1, 0.15) is 5.78 Å². The molecule has 0 aromatic heterocycles. The maximum atomic E-state index is 11.6. The number of fused-ring (bicyclic) bond motifs is 1. The van der Waals surface area contributed by atoms with E-state index in [0.717, 1.165) is 19.7 Å². The molecule has 98 valence electrons. The number of ketones is 1. The summed E-state index contributed by atoms with van der Waals surface area (Å²) in [5, 5.41) is 0. The van der Waals surface area contributed by atoms with Gasteiger partial charge in [0.05, 0.1) is 12.7 Å². The third-order valence-corrected chi connectivity index (χ3v) is 4.40. The van der Waals surface area contributed by atoms with Crippen molar-refractivity contribution >= 4 is 5.78 Å². The summed E-state index contributed by atoms with van der Waals surface area (Å²) in [5.41, 5.74) is -0.223. The van der Waals surface area contributed by atoms with E-state index in [4.69, 9.17) is 4.74 Å². The van der Waals surface area contributed by atoms with E-state index in [-0.39, 0.29) is 11.2 Å². The Labute approximate surface area is 105 Å². The lowest BCUT2D eigenvalue weighted by Crippen LogP contribution is -2.55. The first-order valence-electron chi connectivity index (χ1n) is 6.87. The highest BCUT2D eigenvalue weighted by molar-refractivity contribution is 5.81. The van der Waals surface area contributed by atoms with Crippen molar-refractivity contribution in [1.29, 1.82) is 0 Å². The second-order valence-electron chi connectivity index (χ2n) is 6.17. The topological polar surface area (TPSA) is 29.5 Å². The van der Waals surface area contributed by atoms with Crippen LogP contribution in [0.25, 0.3) is 0 Å². The number of carbonyl (C=O) groups is 1. The van der Waals surface area contributed by atoms with Gasteiger partial charge in [-0.1, -0.05) is 26.7 Å². The molecule has 0 amide bonds. The molecule has 1 aliphatic heterocycles. The Balaban J connectivity index is 2.01. The number of rotatable bonds is 3. The smallest absolute Gasteiger partial charge is 0.136 e. The van der Waals surface area contributed by atoms with Crippen LogP contribution in [0, 0.1) is 5.41 Å². The molecule has 3 heteroatoms. The molecule has 2 rings (SSSR count). The SMILES string of the molecule is CC(=O)C(C)(C)CN1CCOC2CCCCC21. The van der Waals surface area contributed by atoms with Crippen LogP contribution in [0.5, 0.6) is 0 Å². The number of Topliss-reactive ketones (excluding diaryl/α,β-unsaturated/α-hetero) is 1. The first-order chi connectivity index (χ1) is 8.00. The Bertz CT molecular complexity index is 286. The zero-order valence-corrected chi connectivity index (χ0v) is 11.4. The Kier molecular flexibility index (Phi) is 3.88. The molecule has 2 unspecified atom stereocenters. The van der Waals surface area contributed by atoms with Crippen LogP contribution in [0.1, 0.15) is 46.5 Å². The fourth-order valence-corrected chi connectivity index (χ4v) is 2.99. The van der Waals surface area contributed by atoms with Gasteiger partial charge in [0.25, 0.3) is 0 Å². The molecule has 2 fully saturated rings. The highest BCUT2D eigenvalue weighted by atomic mass is 16.5. The second-order valence-corrected chi connectivity index (χ2v) is 6.17. The number of hydrogen-bond donors (Lipinski definition) is 0. The molecular weight excluding hydrogens is 214 g/mol. The van der Waals surface area contributed by atoms with E-state index in [0.29, 0.717) is 12.1 Å². The monoisotopic (exact) mass is 239 g/mol. The van der Waals surface area contributed by atoms with E-state index in [1.54, 1.807) is 6.92 Å². The fourth-order valence-electron chi connectivity index (χ4n) is 2.99. The summed E-state index contributed by atoms with van der Waals surface area (Å²) >= 11 is 0. The molecule has 3 nitrogen and oxygen atoms in total. The molecule has 0 aromatic carbocycles. The van der Waals surface area contributed by atoms with Crippen LogP contribution >= 0.6 is 0 Å². The van der Waals surface area contributed by atoms with Crippen LogP contribution < -0.4 is 0 Å². The Morgan fingerprint density at radius 2 is 2.06 bits per heavy atom. The lowest BCUT2D eigenvalue weighted by Gasteiger charge is -2.46. The number of carbonyl (C=O) groups excluding carboxylic acids is 1. The molecule has 1 aliphatic carbocycles. The zero-order valence-electron chi connectivity index (χ0n) is 11.4. The summed E-state index contributed by atoms with van der Waals surface area (Å²) in [4.78, 5) is 14.1. The van der Waals surface area contributed by atoms with Crippen molar-refractivity contribution in [3.05, 3.63) is 0 Å². The van der Waals surface area contributed by atoms with Crippen molar-refractivity contribution in [1.82, 2.24) is 4.90 Å². The highest BCUT2D eigenvalue weighted by Gasteiger charge is 2.37. The van der Waals surface area contributed by atoms with Gasteiger partial charge in [-0.2, -0.15) is 0 Å². The fraction of sp³-hybridized carbons (Fsp3) is 0.929. The Hall–Kier alpha value is -0.410. The van der Waals surface area contributed by atoms with Gasteiger partial charge in [-0.05, 0) is 19.8 Å². The molecule has 1 saturated heterocycles. The molecule has 0 radical (unpaired) electrons. The van der Waals surface area contributed by atoms with E-state index in [2.05, 4.69) is 18.7 Å². The van der Waals surface area contributed by atoms with Crippen LogP contribution in [-0.4, -0.2) is 42.5 Å². The Morgan fingerprint density at radius 3 is 2.76 bits per heavy atom. The van der Waals surface area contributed by atoms with Crippen LogP contribution in [0.3, 0.4) is 0 Å². The van der Waals surface area contributed by atoms with Gasteiger partial charge >= 0.3 is 0 Å². The number of nitrogens with zero attached hydrogens (tertiary/aromatic N) is 1. The van der Waals surface area contributed by atoms with Gasteiger partial charge in [-0.15, -0.1) is 0 Å². The summed E-state index contributed by atoms with van der Waals surface area (Å²) in [5.74, 6) is 0.288. The predicted molar refractivity (Wildman–Crippen MR) is 68.0 cm³/mol. The molecule has 2 aliphatic rings. The summed E-state index contributed by atoms with van der Waals surface area (Å²) in [6.07, 6.45) is 5.45. The van der Waals surface area contributed by atoms with Crippen molar-refractivity contribution in [2.75, 3.05) is 19.7 Å². The summed E-state index contributed by atoms with van der Waals surface area (Å²) in [7, 11) is 0. The van der Waals surface area contributed by atoms with Crippen LogP contribution in [0.15, 0.2) is 0 Å². The standard InChI is InChI=1S/C14H25NO2/c1-11(16)14(2,3)10-15-8-9-17-13-7-5-4-6-12(13)15/h12-13H,4-10H2,1-3H3. The summed E-state index contributed by atoms with van der Waals surface area (Å²) in [6, 6.07) is 0.552. The van der Waals surface area contributed by atoms with Crippen molar-refractivity contribution < 1.29 is 9.53 Å². The first-order valence-corrected chi connectivity index (χ1v) is 6.87. The third-order valence-electron chi connectivity index (χ3n) is 4.40. The van der Waals surface area contributed by atoms with Gasteiger partial charge in [0, 0.05) is 24.5 Å². The van der Waals surface area contributed by atoms with Gasteiger partial charge < -0.3 is 4.74 Å². The van der Waals surface area contributed by atoms with Gasteiger partial charge in [0.15, 0.2) is 0 Å². The molecule has 1 heterocycles. The van der Waals surface area contributed by atoms with Gasteiger partial charge in [-0.25, -0.2) is 0 Å². The summed E-state index contributed by atoms with van der Waals surface area (Å²) in [6.45, 7) is 8.52. The van der Waals surface area contributed by atoms with Crippen molar-refractivity contribution in [3.63, 3.8) is 0 Å². The molecule has 0 bridgehead atoms. The minimum atomic E-state index is -0.223. The second kappa shape index (κ2) is 5.07. The Morgan fingerprint density at radius 1 is 1.35 bits per heavy atom. The van der Waals surface area contributed by atoms with Crippen LogP contribution in [0.4, 0.5) is 0 Å². The average Bonchev–Trinajstić information content (AvgIpc) is 2.29. The van der Waals surface area contributed by atoms with E-state index >= 15 is 0 Å². The average molecular weight is 239 g/mol. The molecule has 1 saturated carbocycles. The lowest BCUT2D eigenvalue weighted by molar-refractivity contribution is -0.131. The largest absolute Gasteiger partial charge is 0.375 e.